The highest BCUT2D eigenvalue weighted by molar-refractivity contribution is 5.71. The van der Waals surface area contributed by atoms with Gasteiger partial charge in [-0.3, -0.25) is 4.79 Å². The molecule has 1 aliphatic carbocycles. The molecule has 214 valence electrons. The molecular weight excluding hydrogens is 529 g/mol. The first-order valence-corrected chi connectivity index (χ1v) is 13.5. The summed E-state index contributed by atoms with van der Waals surface area (Å²) in [4.78, 5) is 11.7. The molecular formula is C32H32FNO7. The molecule has 0 unspecified atom stereocenters. The predicted octanol–water partition coefficient (Wildman–Crippen LogP) is 6.13. The van der Waals surface area contributed by atoms with Crippen molar-refractivity contribution < 1.29 is 38.0 Å². The van der Waals surface area contributed by atoms with Gasteiger partial charge in [-0.2, -0.15) is 5.26 Å². The number of methoxy groups -OCH3 is 1. The number of ether oxygens (including phenoxy) is 5. The number of carbonyl (C=O) groups is 1. The summed E-state index contributed by atoms with van der Waals surface area (Å²) in [6.45, 7) is 4.08. The maximum absolute atomic E-state index is 15.1. The molecule has 1 heterocycles. The monoisotopic (exact) mass is 561 g/mol. The lowest BCUT2D eigenvalue weighted by atomic mass is 9.98. The number of hydrogen-bond donors (Lipinski definition) is 1. The molecule has 8 nitrogen and oxygen atoms in total. The summed E-state index contributed by atoms with van der Waals surface area (Å²) in [5, 5.41) is 19.6. The lowest BCUT2D eigenvalue weighted by Crippen LogP contribution is -2.21. The first-order valence-electron chi connectivity index (χ1n) is 13.5. The number of nitrogens with zero attached hydrogens (tertiary/aromatic N) is 1. The number of halogens is 1. The van der Waals surface area contributed by atoms with E-state index in [1.54, 1.807) is 50.2 Å². The Labute approximate surface area is 238 Å². The molecule has 9 heteroatoms. The van der Waals surface area contributed by atoms with Gasteiger partial charge in [0.25, 0.3) is 0 Å². The van der Waals surface area contributed by atoms with E-state index in [-0.39, 0.29) is 18.3 Å². The zero-order valence-corrected chi connectivity index (χ0v) is 23.2. The fourth-order valence-corrected chi connectivity index (χ4v) is 5.11. The van der Waals surface area contributed by atoms with Gasteiger partial charge in [0, 0.05) is 41.2 Å². The highest BCUT2D eigenvalue weighted by atomic mass is 19.1. The summed E-state index contributed by atoms with van der Waals surface area (Å²) < 4.78 is 43.8. The quantitative estimate of drug-likeness (QED) is 0.295. The molecule has 1 aliphatic heterocycles. The van der Waals surface area contributed by atoms with E-state index in [0.717, 1.165) is 5.56 Å². The van der Waals surface area contributed by atoms with Crippen LogP contribution in [0.1, 0.15) is 67.4 Å². The van der Waals surface area contributed by atoms with Crippen LogP contribution in [0.3, 0.4) is 0 Å². The van der Waals surface area contributed by atoms with E-state index in [4.69, 9.17) is 23.7 Å². The average molecular weight is 562 g/mol. The molecule has 0 aromatic heterocycles. The van der Waals surface area contributed by atoms with E-state index in [0.29, 0.717) is 77.9 Å². The Balaban J connectivity index is 1.33. The zero-order chi connectivity index (χ0) is 29.1. The topological polar surface area (TPSA) is 107 Å². The molecule has 0 bridgehead atoms. The lowest BCUT2D eigenvalue weighted by molar-refractivity contribution is -0.141. The van der Waals surface area contributed by atoms with Gasteiger partial charge in [-0.15, -0.1) is 0 Å². The number of hydrogen-bond acceptors (Lipinski definition) is 8. The van der Waals surface area contributed by atoms with Crippen molar-refractivity contribution in [2.24, 2.45) is 0 Å². The fourth-order valence-electron chi connectivity index (χ4n) is 5.11. The minimum absolute atomic E-state index is 0.0837. The summed E-state index contributed by atoms with van der Waals surface area (Å²) in [7, 11) is 1.36. The van der Waals surface area contributed by atoms with Gasteiger partial charge in [-0.25, -0.2) is 4.39 Å². The molecule has 0 radical (unpaired) electrons. The largest absolute Gasteiger partial charge is 0.493 e. The molecule has 0 saturated carbocycles. The van der Waals surface area contributed by atoms with Crippen molar-refractivity contribution in [3.05, 3.63) is 76.6 Å². The van der Waals surface area contributed by atoms with Gasteiger partial charge < -0.3 is 28.8 Å². The van der Waals surface area contributed by atoms with Crippen LogP contribution in [-0.2, 0) is 16.0 Å². The molecule has 2 aliphatic rings. The van der Waals surface area contributed by atoms with Gasteiger partial charge >= 0.3 is 5.97 Å². The number of aliphatic hydroxyl groups is 1. The van der Waals surface area contributed by atoms with E-state index < -0.39 is 17.5 Å². The Morgan fingerprint density at radius 1 is 1.15 bits per heavy atom. The summed E-state index contributed by atoms with van der Waals surface area (Å²) in [6, 6.07) is 15.4. The third-order valence-corrected chi connectivity index (χ3v) is 7.30. The third kappa shape index (κ3) is 6.39. The third-order valence-electron chi connectivity index (χ3n) is 7.30. The van der Waals surface area contributed by atoms with Gasteiger partial charge in [-0.1, -0.05) is 6.07 Å². The second-order valence-corrected chi connectivity index (χ2v) is 10.9. The van der Waals surface area contributed by atoms with Crippen LogP contribution in [0, 0.1) is 17.1 Å². The van der Waals surface area contributed by atoms with Crippen molar-refractivity contribution >= 4 is 5.97 Å². The molecule has 0 saturated heterocycles. The lowest BCUT2D eigenvalue weighted by Gasteiger charge is -2.18. The molecule has 3 aromatic carbocycles. The van der Waals surface area contributed by atoms with Gasteiger partial charge in [0.1, 0.15) is 46.7 Å². The Hall–Kier alpha value is -4.29. The molecule has 3 aromatic rings. The van der Waals surface area contributed by atoms with Gasteiger partial charge in [0.2, 0.25) is 0 Å². The van der Waals surface area contributed by atoms with Crippen LogP contribution in [0.2, 0.25) is 0 Å². The van der Waals surface area contributed by atoms with Gasteiger partial charge in [-0.05, 0) is 57.0 Å². The first kappa shape index (κ1) is 28.2. The molecule has 0 fully saturated rings. The number of carbonyl (C=O) groups excluding carboxylic acids is 1. The van der Waals surface area contributed by atoms with Crippen molar-refractivity contribution in [1.29, 1.82) is 5.26 Å². The van der Waals surface area contributed by atoms with Crippen LogP contribution in [-0.4, -0.2) is 37.0 Å². The molecule has 41 heavy (non-hydrogen) atoms. The Morgan fingerprint density at radius 3 is 2.71 bits per heavy atom. The summed E-state index contributed by atoms with van der Waals surface area (Å²) in [5.41, 5.74) is 1.47. The van der Waals surface area contributed by atoms with E-state index in [1.807, 2.05) is 6.07 Å². The smallest absolute Gasteiger partial charge is 0.306 e. The molecule has 0 amide bonds. The maximum atomic E-state index is 15.1. The van der Waals surface area contributed by atoms with Crippen LogP contribution in [0.25, 0.3) is 0 Å². The number of fused-ring (bicyclic) bond motifs is 2. The van der Waals surface area contributed by atoms with Crippen LogP contribution in [0.5, 0.6) is 28.7 Å². The maximum Gasteiger partial charge on any atom is 0.306 e. The summed E-state index contributed by atoms with van der Waals surface area (Å²) in [5.74, 6) is 1.64. The van der Waals surface area contributed by atoms with Crippen molar-refractivity contribution in [3.63, 3.8) is 0 Å². The predicted molar refractivity (Wildman–Crippen MR) is 147 cm³/mol. The molecule has 0 spiro atoms. The normalized spacial score (nSPS) is 17.2. The average Bonchev–Trinajstić information content (AvgIpc) is 3.54. The SMILES string of the molecule is COC(=O)C[C@@H]1COc2cc(O[C@@H]3CCc4c(Oc5cc(OCCC(C)(C)O)ccc5C#N)ccc(F)c43)ccc21. The highest BCUT2D eigenvalue weighted by Gasteiger charge is 2.32. The van der Waals surface area contributed by atoms with Crippen molar-refractivity contribution in [2.45, 2.75) is 57.2 Å². The Kier molecular flexibility index (Phi) is 8.04. The van der Waals surface area contributed by atoms with E-state index in [9.17, 15) is 15.2 Å². The first-order chi connectivity index (χ1) is 19.6. The van der Waals surface area contributed by atoms with Crippen molar-refractivity contribution in [1.82, 2.24) is 0 Å². The second kappa shape index (κ2) is 11.7. The second-order valence-electron chi connectivity index (χ2n) is 10.9. The van der Waals surface area contributed by atoms with Gasteiger partial charge in [0.05, 0.1) is 37.9 Å². The number of esters is 1. The highest BCUT2D eigenvalue weighted by Crippen LogP contribution is 2.45. The summed E-state index contributed by atoms with van der Waals surface area (Å²) in [6.07, 6.45) is 1.20. The van der Waals surface area contributed by atoms with Crippen LogP contribution in [0.15, 0.2) is 48.5 Å². The number of benzene rings is 3. The zero-order valence-electron chi connectivity index (χ0n) is 23.2. The van der Waals surface area contributed by atoms with Crippen molar-refractivity contribution in [2.75, 3.05) is 20.3 Å². The van der Waals surface area contributed by atoms with E-state index in [2.05, 4.69) is 6.07 Å². The Morgan fingerprint density at radius 2 is 1.95 bits per heavy atom. The number of nitriles is 1. The van der Waals surface area contributed by atoms with Gasteiger partial charge in [0.15, 0.2) is 0 Å². The van der Waals surface area contributed by atoms with Crippen LogP contribution < -0.4 is 18.9 Å². The standard InChI is InChI=1S/C32H32FNO7/c1-32(2,36)12-13-38-21-5-4-19(17-34)28(15-21)41-26-11-9-25(33)31-24(26)8-10-27(31)40-22-6-7-23-20(14-30(35)37-3)18-39-29(23)16-22/h4-7,9,11,15-16,20,27,36H,8,10,12-14,18H2,1-3H3/t20-,27-/m1/s1. The van der Waals surface area contributed by atoms with Crippen molar-refractivity contribution in [3.8, 4) is 34.8 Å². The molecule has 5 rings (SSSR count). The van der Waals surface area contributed by atoms with Crippen LogP contribution in [0.4, 0.5) is 4.39 Å². The minimum atomic E-state index is -0.862. The minimum Gasteiger partial charge on any atom is -0.493 e. The van der Waals surface area contributed by atoms with E-state index >= 15 is 4.39 Å². The van der Waals surface area contributed by atoms with E-state index in [1.165, 1.54) is 13.2 Å². The molecule has 2 atom stereocenters. The number of rotatable bonds is 10. The van der Waals surface area contributed by atoms with Crippen LogP contribution >= 0.6 is 0 Å². The summed E-state index contributed by atoms with van der Waals surface area (Å²) >= 11 is 0. The fraction of sp³-hybridized carbons (Fsp3) is 0.375. The molecule has 1 N–H and O–H groups in total. The Bertz CT molecular complexity index is 1490.